The minimum atomic E-state index is -0.561. The number of aromatic nitrogens is 2. The van der Waals surface area contributed by atoms with Gasteiger partial charge in [0.05, 0.1) is 29.6 Å². The van der Waals surface area contributed by atoms with E-state index in [1.807, 2.05) is 24.3 Å². The van der Waals surface area contributed by atoms with Crippen molar-refractivity contribution < 1.29 is 18.7 Å². The maximum absolute atomic E-state index is 13.4. The fourth-order valence-electron chi connectivity index (χ4n) is 3.64. The maximum Gasteiger partial charge on any atom is 0.282 e. The molecule has 0 bridgehead atoms. The number of furan rings is 1. The number of fused-ring (bicyclic) bond motifs is 2. The minimum absolute atomic E-state index is 0.211. The molecule has 0 aliphatic rings. The number of methoxy groups -OCH3 is 1. The van der Waals surface area contributed by atoms with Crippen molar-refractivity contribution in [3.63, 3.8) is 0 Å². The third-order valence-corrected chi connectivity index (χ3v) is 5.30. The van der Waals surface area contributed by atoms with Crippen molar-refractivity contribution in [1.82, 2.24) is 9.66 Å². The second kappa shape index (κ2) is 9.14. The Morgan fingerprint density at radius 1 is 1.09 bits per heavy atom. The van der Waals surface area contributed by atoms with Gasteiger partial charge in [0.15, 0.2) is 12.4 Å². The molecule has 0 saturated carbocycles. The minimum Gasteiger partial charge on any atom is -0.496 e. The lowest BCUT2D eigenvalue weighted by Crippen LogP contribution is -2.20. The van der Waals surface area contributed by atoms with Gasteiger partial charge in [-0.05, 0) is 60.2 Å². The van der Waals surface area contributed by atoms with E-state index in [4.69, 9.17) is 19.6 Å². The number of benzene rings is 3. The number of primary amides is 1. The van der Waals surface area contributed by atoms with Gasteiger partial charge in [-0.1, -0.05) is 18.2 Å². The lowest BCUT2D eigenvalue weighted by Gasteiger charge is -2.07. The van der Waals surface area contributed by atoms with Crippen LogP contribution >= 0.6 is 0 Å². The molecular weight excluding hydrogens is 448 g/mol. The Hall–Kier alpha value is -4.92. The molecule has 0 aliphatic heterocycles. The zero-order chi connectivity index (χ0) is 24.4. The molecule has 2 heterocycles. The van der Waals surface area contributed by atoms with Crippen molar-refractivity contribution in [2.75, 3.05) is 13.7 Å². The van der Waals surface area contributed by atoms with E-state index in [-0.39, 0.29) is 18.0 Å². The van der Waals surface area contributed by atoms with Gasteiger partial charge < -0.3 is 19.6 Å². The summed E-state index contributed by atoms with van der Waals surface area (Å²) in [6.07, 6.45) is 1.53. The molecule has 35 heavy (non-hydrogen) atoms. The second-order valence-corrected chi connectivity index (χ2v) is 7.62. The highest BCUT2D eigenvalue weighted by Gasteiger charge is 2.17. The van der Waals surface area contributed by atoms with Crippen LogP contribution in [0.5, 0.6) is 11.5 Å². The van der Waals surface area contributed by atoms with Crippen molar-refractivity contribution in [1.29, 1.82) is 0 Å². The summed E-state index contributed by atoms with van der Waals surface area (Å²) in [5.74, 6) is 1.20. The van der Waals surface area contributed by atoms with Crippen LogP contribution in [0.25, 0.3) is 33.5 Å². The number of carbonyl (C=O) groups excluding carboxylic acids is 1. The lowest BCUT2D eigenvalue weighted by molar-refractivity contribution is -0.119. The average molecular weight is 468 g/mol. The molecule has 0 spiro atoms. The summed E-state index contributed by atoms with van der Waals surface area (Å²) >= 11 is 0. The van der Waals surface area contributed by atoms with Crippen LogP contribution < -0.4 is 20.8 Å². The first-order chi connectivity index (χ1) is 17.0. The Bertz CT molecular complexity index is 1630. The summed E-state index contributed by atoms with van der Waals surface area (Å²) < 4.78 is 17.9. The Kier molecular flexibility index (Phi) is 5.72. The van der Waals surface area contributed by atoms with E-state index < -0.39 is 5.91 Å². The molecule has 2 aromatic heterocycles. The van der Waals surface area contributed by atoms with E-state index in [0.717, 1.165) is 5.39 Å². The van der Waals surface area contributed by atoms with Gasteiger partial charge in [-0.3, -0.25) is 9.59 Å². The summed E-state index contributed by atoms with van der Waals surface area (Å²) in [6.45, 7) is -0.211. The molecule has 0 unspecified atom stereocenters. The van der Waals surface area contributed by atoms with E-state index in [0.29, 0.717) is 39.3 Å². The Morgan fingerprint density at radius 3 is 2.66 bits per heavy atom. The molecule has 5 aromatic rings. The molecule has 0 atom stereocenters. The number of ether oxygens (including phenoxy) is 2. The third kappa shape index (κ3) is 4.34. The zero-order valence-corrected chi connectivity index (χ0v) is 18.7. The van der Waals surface area contributed by atoms with Crippen molar-refractivity contribution in [2.24, 2.45) is 10.8 Å². The van der Waals surface area contributed by atoms with E-state index in [9.17, 15) is 9.59 Å². The van der Waals surface area contributed by atoms with Gasteiger partial charge >= 0.3 is 0 Å². The highest BCUT2D eigenvalue weighted by Crippen LogP contribution is 2.32. The predicted octanol–water partition coefficient (Wildman–Crippen LogP) is 3.56. The standard InChI is InChI=1S/C26H20N4O5/c1-33-21-7-4-8-22-19(21)13-23(35-22)25-29-20-6-3-2-5-18(20)26(32)30(25)28-14-16-9-11-17(12-10-16)34-15-24(27)31/h2-14H,15H2,1H3,(H2,27,31). The summed E-state index contributed by atoms with van der Waals surface area (Å²) in [7, 11) is 1.58. The molecule has 0 saturated heterocycles. The van der Waals surface area contributed by atoms with Crippen molar-refractivity contribution in [3.8, 4) is 23.1 Å². The first-order valence-corrected chi connectivity index (χ1v) is 10.7. The number of para-hydroxylation sites is 1. The number of hydrogen-bond donors (Lipinski definition) is 1. The number of nitrogens with two attached hydrogens (primary N) is 1. The normalized spacial score (nSPS) is 11.3. The molecule has 0 aliphatic carbocycles. The number of amides is 1. The average Bonchev–Trinajstić information content (AvgIpc) is 3.32. The van der Waals surface area contributed by atoms with Gasteiger partial charge in [-0.15, -0.1) is 0 Å². The molecule has 0 radical (unpaired) electrons. The monoisotopic (exact) mass is 468 g/mol. The molecule has 174 valence electrons. The largest absolute Gasteiger partial charge is 0.496 e. The van der Waals surface area contributed by atoms with E-state index >= 15 is 0 Å². The Balaban J connectivity index is 1.60. The van der Waals surface area contributed by atoms with E-state index in [1.165, 1.54) is 10.9 Å². The molecule has 9 nitrogen and oxygen atoms in total. The van der Waals surface area contributed by atoms with Crippen LogP contribution in [0.15, 0.2) is 87.1 Å². The molecule has 2 N–H and O–H groups in total. The summed E-state index contributed by atoms with van der Waals surface area (Å²) in [5.41, 5.74) is 6.60. The van der Waals surface area contributed by atoms with Gasteiger partial charge in [0.2, 0.25) is 5.82 Å². The van der Waals surface area contributed by atoms with Gasteiger partial charge in [-0.2, -0.15) is 9.78 Å². The smallest absolute Gasteiger partial charge is 0.282 e. The van der Waals surface area contributed by atoms with Crippen LogP contribution in [-0.2, 0) is 4.79 Å². The predicted molar refractivity (Wildman–Crippen MR) is 132 cm³/mol. The number of nitrogens with zero attached hydrogens (tertiary/aromatic N) is 3. The molecule has 5 rings (SSSR count). The molecule has 1 amide bonds. The van der Waals surface area contributed by atoms with Gasteiger partial charge in [0.1, 0.15) is 17.1 Å². The number of hydrogen-bond acceptors (Lipinski definition) is 7. The fourth-order valence-corrected chi connectivity index (χ4v) is 3.64. The number of rotatable bonds is 7. The molecule has 3 aromatic carbocycles. The van der Waals surface area contributed by atoms with E-state index in [2.05, 4.69) is 10.1 Å². The van der Waals surface area contributed by atoms with Crippen molar-refractivity contribution in [3.05, 3.63) is 88.7 Å². The van der Waals surface area contributed by atoms with E-state index in [1.54, 1.807) is 55.6 Å². The van der Waals surface area contributed by atoms with Crippen LogP contribution in [-0.4, -0.2) is 35.5 Å². The second-order valence-electron chi connectivity index (χ2n) is 7.62. The van der Waals surface area contributed by atoms with Gasteiger partial charge in [-0.25, -0.2) is 4.98 Å². The van der Waals surface area contributed by atoms with Crippen LogP contribution in [0.2, 0.25) is 0 Å². The third-order valence-electron chi connectivity index (χ3n) is 5.30. The summed E-state index contributed by atoms with van der Waals surface area (Å²) in [6, 6.07) is 21.1. The number of carbonyl (C=O) groups is 1. The van der Waals surface area contributed by atoms with Gasteiger partial charge in [0, 0.05) is 0 Å². The quantitative estimate of drug-likeness (QED) is 0.365. The molecular formula is C26H20N4O5. The van der Waals surface area contributed by atoms with Gasteiger partial charge in [0.25, 0.3) is 11.5 Å². The van der Waals surface area contributed by atoms with Crippen molar-refractivity contribution in [2.45, 2.75) is 0 Å². The Morgan fingerprint density at radius 2 is 1.89 bits per heavy atom. The lowest BCUT2D eigenvalue weighted by atomic mass is 10.2. The first-order valence-electron chi connectivity index (χ1n) is 10.7. The van der Waals surface area contributed by atoms with Crippen LogP contribution in [0.3, 0.4) is 0 Å². The SMILES string of the molecule is COc1cccc2oc(-c3nc4ccccc4c(=O)n3N=Cc3ccc(OCC(N)=O)cc3)cc12. The topological polar surface area (TPSA) is 122 Å². The summed E-state index contributed by atoms with van der Waals surface area (Å²) in [5, 5.41) is 5.62. The summed E-state index contributed by atoms with van der Waals surface area (Å²) in [4.78, 5) is 28.9. The Labute approximate surface area is 199 Å². The molecule has 9 heteroatoms. The zero-order valence-electron chi connectivity index (χ0n) is 18.7. The van der Waals surface area contributed by atoms with Crippen LogP contribution in [0, 0.1) is 0 Å². The van der Waals surface area contributed by atoms with Crippen molar-refractivity contribution >= 4 is 34.0 Å². The highest BCUT2D eigenvalue weighted by atomic mass is 16.5. The highest BCUT2D eigenvalue weighted by molar-refractivity contribution is 5.88. The fraction of sp³-hybridized carbons (Fsp3) is 0.0769. The first kappa shape index (κ1) is 21.9. The van der Waals surface area contributed by atoms with Crippen LogP contribution in [0.1, 0.15) is 5.56 Å². The maximum atomic E-state index is 13.4. The van der Waals surface area contributed by atoms with Crippen LogP contribution in [0.4, 0.5) is 0 Å². The molecule has 0 fully saturated rings.